The zero-order valence-corrected chi connectivity index (χ0v) is 13.1. The van der Waals surface area contributed by atoms with Gasteiger partial charge in [-0.15, -0.1) is 0 Å². The fourth-order valence-electron chi connectivity index (χ4n) is 3.63. The number of carbonyl (C=O) groups excluding carboxylic acids is 1. The number of fused-ring (bicyclic) bond motifs is 2. The van der Waals surface area contributed by atoms with Gasteiger partial charge in [0.1, 0.15) is 5.60 Å². The van der Waals surface area contributed by atoms with Crippen molar-refractivity contribution >= 4 is 6.09 Å². The molecule has 4 atom stereocenters. The molecule has 2 rings (SSSR count). The van der Waals surface area contributed by atoms with Crippen LogP contribution in [0.5, 0.6) is 0 Å². The van der Waals surface area contributed by atoms with Crippen molar-refractivity contribution in [2.75, 3.05) is 0 Å². The van der Waals surface area contributed by atoms with Gasteiger partial charge in [-0.2, -0.15) is 0 Å². The van der Waals surface area contributed by atoms with Crippen LogP contribution in [-0.2, 0) is 4.74 Å². The molecule has 0 aromatic carbocycles. The quantitative estimate of drug-likeness (QED) is 0.750. The average Bonchev–Trinajstić information content (AvgIpc) is 2.57. The molecule has 2 aliphatic heterocycles. The highest BCUT2D eigenvalue weighted by atomic mass is 16.6. The molecule has 110 valence electrons. The monoisotopic (exact) mass is 267 g/mol. The Labute approximate surface area is 117 Å². The van der Waals surface area contributed by atoms with E-state index >= 15 is 0 Å². The number of rotatable bonds is 2. The van der Waals surface area contributed by atoms with Crippen LogP contribution in [0.25, 0.3) is 0 Å². The molecule has 0 aromatic heterocycles. The molecule has 0 saturated carbocycles. The van der Waals surface area contributed by atoms with E-state index in [2.05, 4.69) is 13.8 Å². The summed E-state index contributed by atoms with van der Waals surface area (Å²) in [6.45, 7) is 10.5. The summed E-state index contributed by atoms with van der Waals surface area (Å²) in [5.74, 6) is 1.57. The van der Waals surface area contributed by atoms with E-state index < -0.39 is 0 Å². The Morgan fingerprint density at radius 1 is 1.26 bits per heavy atom. The first kappa shape index (κ1) is 14.7. The number of carbonyl (C=O) groups is 1. The third kappa shape index (κ3) is 3.24. The highest BCUT2D eigenvalue weighted by molar-refractivity contribution is 5.69. The van der Waals surface area contributed by atoms with E-state index in [1.807, 2.05) is 25.7 Å². The number of amides is 1. The van der Waals surface area contributed by atoms with Crippen LogP contribution in [0.3, 0.4) is 0 Å². The van der Waals surface area contributed by atoms with Crippen molar-refractivity contribution < 1.29 is 9.53 Å². The van der Waals surface area contributed by atoms with Gasteiger partial charge in [0, 0.05) is 12.1 Å². The highest BCUT2D eigenvalue weighted by Crippen LogP contribution is 2.42. The zero-order valence-electron chi connectivity index (χ0n) is 13.1. The van der Waals surface area contributed by atoms with Gasteiger partial charge in [0.25, 0.3) is 0 Å². The molecule has 0 spiro atoms. The van der Waals surface area contributed by atoms with Crippen molar-refractivity contribution in [1.82, 2.24) is 4.90 Å². The number of ether oxygens (including phenoxy) is 1. The number of piperidine rings is 1. The Bertz CT molecular complexity index is 320. The molecule has 0 aliphatic carbocycles. The molecule has 1 amide bonds. The Morgan fingerprint density at radius 2 is 1.79 bits per heavy atom. The first-order valence-corrected chi connectivity index (χ1v) is 7.83. The first-order chi connectivity index (χ1) is 8.81. The maximum atomic E-state index is 12.3. The van der Waals surface area contributed by atoms with E-state index in [0.29, 0.717) is 12.1 Å². The van der Waals surface area contributed by atoms with Crippen LogP contribution in [0, 0.1) is 11.8 Å². The summed E-state index contributed by atoms with van der Waals surface area (Å²) in [6, 6.07) is 0.847. The number of hydrogen-bond acceptors (Lipinski definition) is 2. The van der Waals surface area contributed by atoms with Gasteiger partial charge in [0.05, 0.1) is 0 Å². The smallest absolute Gasteiger partial charge is 0.410 e. The highest BCUT2D eigenvalue weighted by Gasteiger charge is 2.45. The lowest BCUT2D eigenvalue weighted by Gasteiger charge is -2.41. The summed E-state index contributed by atoms with van der Waals surface area (Å²) in [5.41, 5.74) is -0.385. The molecule has 0 aromatic rings. The van der Waals surface area contributed by atoms with E-state index in [1.54, 1.807) is 0 Å². The molecule has 2 aliphatic rings. The third-order valence-corrected chi connectivity index (χ3v) is 4.82. The van der Waals surface area contributed by atoms with Gasteiger partial charge in [-0.05, 0) is 58.3 Å². The van der Waals surface area contributed by atoms with Gasteiger partial charge in [-0.1, -0.05) is 20.3 Å². The lowest BCUT2D eigenvalue weighted by atomic mass is 9.81. The van der Waals surface area contributed by atoms with Crippen molar-refractivity contribution in [2.24, 2.45) is 11.8 Å². The SMILES string of the molecule is CCC(C)C1C[C@H]2CC[C@@H](C1)N2C(=O)OC(C)(C)C. The normalized spacial score (nSPS) is 32.3. The van der Waals surface area contributed by atoms with Crippen LogP contribution < -0.4 is 0 Å². The molecule has 3 nitrogen and oxygen atoms in total. The van der Waals surface area contributed by atoms with Crippen molar-refractivity contribution in [2.45, 2.75) is 84.4 Å². The Kier molecular flexibility index (Phi) is 4.12. The van der Waals surface area contributed by atoms with E-state index in [0.717, 1.165) is 24.7 Å². The summed E-state index contributed by atoms with van der Waals surface area (Å²) in [4.78, 5) is 14.4. The van der Waals surface area contributed by atoms with Gasteiger partial charge < -0.3 is 9.64 Å². The largest absolute Gasteiger partial charge is 0.444 e. The van der Waals surface area contributed by atoms with Crippen molar-refractivity contribution in [1.29, 1.82) is 0 Å². The van der Waals surface area contributed by atoms with E-state index in [4.69, 9.17) is 4.74 Å². The summed E-state index contributed by atoms with van der Waals surface area (Å²) in [6.07, 6.45) is 5.82. The fourth-order valence-corrected chi connectivity index (χ4v) is 3.63. The summed E-state index contributed by atoms with van der Waals surface area (Å²) < 4.78 is 5.57. The minimum Gasteiger partial charge on any atom is -0.444 e. The molecule has 0 radical (unpaired) electrons. The van der Waals surface area contributed by atoms with Gasteiger partial charge in [0.2, 0.25) is 0 Å². The maximum Gasteiger partial charge on any atom is 0.410 e. The van der Waals surface area contributed by atoms with Crippen LogP contribution in [0.4, 0.5) is 4.79 Å². The first-order valence-electron chi connectivity index (χ1n) is 7.83. The van der Waals surface area contributed by atoms with Crippen LogP contribution >= 0.6 is 0 Å². The van der Waals surface area contributed by atoms with Gasteiger partial charge in [0.15, 0.2) is 0 Å². The van der Waals surface area contributed by atoms with Crippen molar-refractivity contribution in [3.05, 3.63) is 0 Å². The summed E-state index contributed by atoms with van der Waals surface area (Å²) in [5, 5.41) is 0. The molecule has 2 bridgehead atoms. The van der Waals surface area contributed by atoms with E-state index in [9.17, 15) is 4.79 Å². The lowest BCUT2D eigenvalue weighted by Crippen LogP contribution is -2.49. The molecule has 2 unspecified atom stereocenters. The minimum atomic E-state index is -0.385. The predicted molar refractivity (Wildman–Crippen MR) is 77.1 cm³/mol. The third-order valence-electron chi connectivity index (χ3n) is 4.82. The minimum absolute atomic E-state index is 0.0948. The van der Waals surface area contributed by atoms with Gasteiger partial charge in [-0.25, -0.2) is 4.79 Å². The molecule has 0 N–H and O–H groups in total. The number of nitrogens with zero attached hydrogens (tertiary/aromatic N) is 1. The molecular weight excluding hydrogens is 238 g/mol. The average molecular weight is 267 g/mol. The van der Waals surface area contributed by atoms with Crippen molar-refractivity contribution in [3.8, 4) is 0 Å². The zero-order chi connectivity index (χ0) is 14.2. The van der Waals surface area contributed by atoms with E-state index in [-0.39, 0.29) is 11.7 Å². The maximum absolute atomic E-state index is 12.3. The summed E-state index contributed by atoms with van der Waals surface area (Å²) in [7, 11) is 0. The fraction of sp³-hybridized carbons (Fsp3) is 0.938. The van der Waals surface area contributed by atoms with Crippen molar-refractivity contribution in [3.63, 3.8) is 0 Å². The Morgan fingerprint density at radius 3 is 2.21 bits per heavy atom. The van der Waals surface area contributed by atoms with Crippen LogP contribution in [-0.4, -0.2) is 28.7 Å². The van der Waals surface area contributed by atoms with Gasteiger partial charge in [-0.3, -0.25) is 0 Å². The molecule has 2 fully saturated rings. The second kappa shape index (κ2) is 5.34. The molecule has 2 heterocycles. The Balaban J connectivity index is 2.01. The van der Waals surface area contributed by atoms with Crippen LogP contribution in [0.1, 0.15) is 66.7 Å². The van der Waals surface area contributed by atoms with E-state index in [1.165, 1.54) is 19.3 Å². The van der Waals surface area contributed by atoms with Gasteiger partial charge >= 0.3 is 6.09 Å². The lowest BCUT2D eigenvalue weighted by molar-refractivity contribution is -0.00161. The predicted octanol–water partition coefficient (Wildman–Crippen LogP) is 4.21. The molecule has 19 heavy (non-hydrogen) atoms. The van der Waals surface area contributed by atoms with Crippen LogP contribution in [0.2, 0.25) is 0 Å². The second-order valence-electron chi connectivity index (χ2n) is 7.39. The second-order valence-corrected chi connectivity index (χ2v) is 7.39. The molecule has 2 saturated heterocycles. The molecular formula is C16H29NO2. The molecule has 3 heteroatoms. The van der Waals surface area contributed by atoms with Crippen LogP contribution in [0.15, 0.2) is 0 Å². The topological polar surface area (TPSA) is 29.5 Å². The Hall–Kier alpha value is -0.730. The summed E-state index contributed by atoms with van der Waals surface area (Å²) >= 11 is 0. The number of hydrogen-bond donors (Lipinski definition) is 0. The standard InChI is InChI=1S/C16H29NO2/c1-6-11(2)12-9-13-7-8-14(10-12)17(13)15(18)19-16(3,4)5/h11-14H,6-10H2,1-5H3/t11?,12?,13-,14+.